The maximum Gasteiger partial charge on any atom is 0.196 e. The number of benzene rings is 2. The molecule has 0 aliphatic rings. The summed E-state index contributed by atoms with van der Waals surface area (Å²) in [5, 5.41) is 0. The molecular weight excluding hydrogens is 285 g/mol. The Morgan fingerprint density at radius 2 is 1.80 bits per heavy atom. The van der Waals surface area contributed by atoms with Crippen LogP contribution in [-0.4, -0.2) is 9.55 Å². The molecule has 6 heteroatoms. The van der Waals surface area contributed by atoms with Crippen LogP contribution in [0.15, 0.2) is 30.3 Å². The second-order valence-electron chi connectivity index (χ2n) is 4.48. The van der Waals surface area contributed by atoms with E-state index in [9.17, 15) is 13.2 Å². The van der Waals surface area contributed by atoms with Crippen molar-refractivity contribution in [3.8, 4) is 5.69 Å². The van der Waals surface area contributed by atoms with Gasteiger partial charge in [0.15, 0.2) is 22.2 Å². The van der Waals surface area contributed by atoms with Crippen LogP contribution in [0, 0.1) is 29.1 Å². The molecule has 2 nitrogen and oxygen atoms in total. The Morgan fingerprint density at radius 1 is 1.05 bits per heavy atom. The van der Waals surface area contributed by atoms with Gasteiger partial charge in [0.2, 0.25) is 0 Å². The summed E-state index contributed by atoms with van der Waals surface area (Å²) in [4.78, 5) is 2.92. The number of nitrogens with one attached hydrogen (secondary N) is 1. The summed E-state index contributed by atoms with van der Waals surface area (Å²) in [5.74, 6) is -4.00. The van der Waals surface area contributed by atoms with Crippen LogP contribution < -0.4 is 0 Å². The second-order valence-corrected chi connectivity index (χ2v) is 4.87. The monoisotopic (exact) mass is 294 g/mol. The van der Waals surface area contributed by atoms with Gasteiger partial charge in [-0.05, 0) is 49.0 Å². The minimum Gasteiger partial charge on any atom is -0.330 e. The van der Waals surface area contributed by atoms with Crippen LogP contribution in [0.2, 0.25) is 0 Å². The zero-order valence-electron chi connectivity index (χ0n) is 10.4. The summed E-state index contributed by atoms with van der Waals surface area (Å²) in [6.45, 7) is 1.91. The topological polar surface area (TPSA) is 20.7 Å². The highest BCUT2D eigenvalue weighted by Gasteiger charge is 2.17. The third-order valence-electron chi connectivity index (χ3n) is 3.09. The van der Waals surface area contributed by atoms with Crippen molar-refractivity contribution < 1.29 is 13.2 Å². The Kier molecular flexibility index (Phi) is 2.90. The number of nitrogens with zero attached hydrogens (tertiary/aromatic N) is 1. The zero-order chi connectivity index (χ0) is 14.4. The predicted molar refractivity (Wildman–Crippen MR) is 73.1 cm³/mol. The molecule has 2 aromatic carbocycles. The molecule has 0 fully saturated rings. The van der Waals surface area contributed by atoms with E-state index in [0.29, 0.717) is 11.0 Å². The highest BCUT2D eigenvalue weighted by molar-refractivity contribution is 7.71. The van der Waals surface area contributed by atoms with Gasteiger partial charge in [0.1, 0.15) is 0 Å². The standard InChI is InChI=1S/C14H9F3N2S/c1-7-2-4-10-9(6-7)18-14(20)19(10)11-5-3-8(15)12(16)13(11)17/h2-6H,1H3,(H,18,20). The SMILES string of the molecule is Cc1ccc2c(c1)[nH]c(=S)n2-c1ccc(F)c(F)c1F. The summed E-state index contributed by atoms with van der Waals surface area (Å²) in [6, 6.07) is 7.47. The first kappa shape index (κ1) is 12.9. The van der Waals surface area contributed by atoms with Crippen molar-refractivity contribution in [1.82, 2.24) is 9.55 Å². The molecule has 0 aliphatic carbocycles. The van der Waals surface area contributed by atoms with Crippen LogP contribution in [0.5, 0.6) is 0 Å². The number of hydrogen-bond donors (Lipinski definition) is 1. The first-order valence-corrected chi connectivity index (χ1v) is 6.25. The molecule has 0 bridgehead atoms. The molecular formula is C14H9F3N2S. The third kappa shape index (κ3) is 1.84. The van der Waals surface area contributed by atoms with E-state index in [4.69, 9.17) is 12.2 Å². The molecule has 0 spiro atoms. The van der Waals surface area contributed by atoms with Gasteiger partial charge >= 0.3 is 0 Å². The lowest BCUT2D eigenvalue weighted by Crippen LogP contribution is -2.02. The second kappa shape index (κ2) is 4.49. The number of halogens is 3. The van der Waals surface area contributed by atoms with Gasteiger partial charge < -0.3 is 4.98 Å². The van der Waals surface area contributed by atoms with Crippen LogP contribution in [-0.2, 0) is 0 Å². The Labute approximate surface area is 117 Å². The predicted octanol–water partition coefficient (Wildman–Crippen LogP) is 4.41. The van der Waals surface area contributed by atoms with Crippen LogP contribution in [0.3, 0.4) is 0 Å². The van der Waals surface area contributed by atoms with Crippen LogP contribution >= 0.6 is 12.2 Å². The summed E-state index contributed by atoms with van der Waals surface area (Å²) in [6.07, 6.45) is 0. The Balaban J connectivity index is 2.38. The number of H-pyrrole nitrogens is 1. The molecule has 0 saturated heterocycles. The maximum atomic E-state index is 13.9. The fourth-order valence-electron chi connectivity index (χ4n) is 2.15. The van der Waals surface area contributed by atoms with Crippen molar-refractivity contribution >= 4 is 23.3 Å². The van der Waals surface area contributed by atoms with Gasteiger partial charge in [-0.1, -0.05) is 6.07 Å². The minimum atomic E-state index is -1.51. The van der Waals surface area contributed by atoms with Crippen molar-refractivity contribution in [2.24, 2.45) is 0 Å². The zero-order valence-corrected chi connectivity index (χ0v) is 11.2. The van der Waals surface area contributed by atoms with E-state index >= 15 is 0 Å². The number of fused-ring (bicyclic) bond motifs is 1. The summed E-state index contributed by atoms with van der Waals surface area (Å²) in [7, 11) is 0. The molecule has 1 N–H and O–H groups in total. The van der Waals surface area contributed by atoms with E-state index in [1.165, 1.54) is 4.57 Å². The molecule has 0 amide bonds. The number of rotatable bonds is 1. The van der Waals surface area contributed by atoms with Crippen LogP contribution in [0.1, 0.15) is 5.56 Å². The van der Waals surface area contributed by atoms with Crippen LogP contribution in [0.25, 0.3) is 16.7 Å². The summed E-state index contributed by atoms with van der Waals surface area (Å²) >= 11 is 5.14. The first-order valence-electron chi connectivity index (χ1n) is 5.84. The Morgan fingerprint density at radius 3 is 2.55 bits per heavy atom. The van der Waals surface area contributed by atoms with Crippen molar-refractivity contribution in [2.45, 2.75) is 6.92 Å². The molecule has 20 heavy (non-hydrogen) atoms. The van der Waals surface area contributed by atoms with Gasteiger partial charge in [0.25, 0.3) is 0 Å². The molecule has 0 atom stereocenters. The van der Waals surface area contributed by atoms with E-state index in [0.717, 1.165) is 17.7 Å². The molecule has 0 saturated carbocycles. The number of hydrogen-bond acceptors (Lipinski definition) is 1. The number of aromatic amines is 1. The van der Waals surface area contributed by atoms with E-state index in [-0.39, 0.29) is 10.5 Å². The molecule has 3 rings (SSSR count). The van der Waals surface area contributed by atoms with Gasteiger partial charge in [0, 0.05) is 0 Å². The molecule has 3 aromatic rings. The average Bonchev–Trinajstić information content (AvgIpc) is 2.72. The fraction of sp³-hybridized carbons (Fsp3) is 0.0714. The lowest BCUT2D eigenvalue weighted by atomic mass is 10.2. The van der Waals surface area contributed by atoms with Gasteiger partial charge in [-0.2, -0.15) is 0 Å². The molecule has 102 valence electrons. The highest BCUT2D eigenvalue weighted by atomic mass is 32.1. The van der Waals surface area contributed by atoms with Crippen molar-refractivity contribution in [3.63, 3.8) is 0 Å². The van der Waals surface area contributed by atoms with E-state index in [1.807, 2.05) is 19.1 Å². The van der Waals surface area contributed by atoms with Gasteiger partial charge in [0.05, 0.1) is 16.7 Å². The van der Waals surface area contributed by atoms with Gasteiger partial charge in [-0.25, -0.2) is 13.2 Å². The molecule has 1 heterocycles. The van der Waals surface area contributed by atoms with E-state index < -0.39 is 17.5 Å². The van der Waals surface area contributed by atoms with Crippen molar-refractivity contribution in [2.75, 3.05) is 0 Å². The van der Waals surface area contributed by atoms with Crippen molar-refractivity contribution in [1.29, 1.82) is 0 Å². The number of imidazole rings is 1. The molecule has 0 unspecified atom stereocenters. The molecule has 1 aromatic heterocycles. The van der Waals surface area contributed by atoms with Crippen molar-refractivity contribution in [3.05, 3.63) is 58.1 Å². The minimum absolute atomic E-state index is 0.121. The normalized spacial score (nSPS) is 11.2. The summed E-state index contributed by atoms with van der Waals surface area (Å²) < 4.78 is 41.9. The average molecular weight is 294 g/mol. The quantitative estimate of drug-likeness (QED) is 0.520. The number of aryl methyl sites for hydroxylation is 1. The first-order chi connectivity index (χ1) is 9.49. The summed E-state index contributed by atoms with van der Waals surface area (Å²) in [5.41, 5.74) is 2.19. The third-order valence-corrected chi connectivity index (χ3v) is 3.38. The smallest absolute Gasteiger partial charge is 0.196 e. The van der Waals surface area contributed by atoms with Gasteiger partial charge in [-0.15, -0.1) is 0 Å². The fourth-order valence-corrected chi connectivity index (χ4v) is 2.46. The maximum absolute atomic E-state index is 13.9. The highest BCUT2D eigenvalue weighted by Crippen LogP contribution is 2.24. The van der Waals surface area contributed by atoms with E-state index in [1.54, 1.807) is 6.07 Å². The lowest BCUT2D eigenvalue weighted by molar-refractivity contribution is 0.445. The van der Waals surface area contributed by atoms with E-state index in [2.05, 4.69) is 4.98 Å². The largest absolute Gasteiger partial charge is 0.330 e. The lowest BCUT2D eigenvalue weighted by Gasteiger charge is -2.07. The molecule has 0 radical (unpaired) electrons. The van der Waals surface area contributed by atoms with Gasteiger partial charge in [-0.3, -0.25) is 4.57 Å². The Bertz CT molecular complexity index is 880. The number of aromatic nitrogens is 2. The Hall–Kier alpha value is -2.08. The molecule has 0 aliphatic heterocycles. The van der Waals surface area contributed by atoms with Crippen LogP contribution in [0.4, 0.5) is 13.2 Å².